The molecule has 8 heteroatoms. The van der Waals surface area contributed by atoms with Crippen LogP contribution in [0.15, 0.2) is 18.2 Å². The quantitative estimate of drug-likeness (QED) is 0.922. The molecule has 0 spiro atoms. The van der Waals surface area contributed by atoms with Gasteiger partial charge in [0.15, 0.2) is 6.61 Å². The highest BCUT2D eigenvalue weighted by Crippen LogP contribution is 2.18. The average Bonchev–Trinajstić information content (AvgIpc) is 2.45. The fourth-order valence-corrected chi connectivity index (χ4v) is 2.00. The number of halogens is 3. The number of pyridine rings is 1. The van der Waals surface area contributed by atoms with Crippen molar-refractivity contribution in [2.24, 2.45) is 0 Å². The molecule has 1 aromatic rings. The molecule has 2 heterocycles. The van der Waals surface area contributed by atoms with Crippen molar-refractivity contribution in [2.45, 2.75) is 25.1 Å². The summed E-state index contributed by atoms with van der Waals surface area (Å²) in [6, 6.07) is 4.11. The Morgan fingerprint density at radius 2 is 2.05 bits per heavy atom. The fraction of sp³-hybridized carbons (Fsp3) is 0.538. The molecule has 116 valence electrons. The Kier molecular flexibility index (Phi) is 4.66. The van der Waals surface area contributed by atoms with Crippen molar-refractivity contribution in [3.8, 4) is 5.88 Å². The molecule has 1 saturated heterocycles. The van der Waals surface area contributed by atoms with E-state index in [0.717, 1.165) is 0 Å². The third-order valence-electron chi connectivity index (χ3n) is 3.08. The van der Waals surface area contributed by atoms with Gasteiger partial charge in [-0.2, -0.15) is 13.2 Å². The second-order valence-corrected chi connectivity index (χ2v) is 4.79. The summed E-state index contributed by atoms with van der Waals surface area (Å²) in [7, 11) is 0. The van der Waals surface area contributed by atoms with Gasteiger partial charge in [-0.25, -0.2) is 4.98 Å². The lowest BCUT2D eigenvalue weighted by Crippen LogP contribution is -2.40. The Balaban J connectivity index is 2.01. The van der Waals surface area contributed by atoms with Crippen molar-refractivity contribution in [1.82, 2.24) is 9.88 Å². The lowest BCUT2D eigenvalue weighted by Gasteiger charge is -2.29. The first-order valence-electron chi connectivity index (χ1n) is 6.49. The third-order valence-corrected chi connectivity index (χ3v) is 3.08. The van der Waals surface area contributed by atoms with E-state index in [1.165, 1.54) is 23.1 Å². The van der Waals surface area contributed by atoms with Gasteiger partial charge in [0.2, 0.25) is 5.88 Å². The lowest BCUT2D eigenvalue weighted by molar-refractivity contribution is -0.154. The number of carbonyl (C=O) groups is 1. The number of carbonyl (C=O) groups excluding carboxylic acids is 1. The summed E-state index contributed by atoms with van der Waals surface area (Å²) in [4.78, 5) is 17.5. The Labute approximate surface area is 119 Å². The molecule has 0 unspecified atom stereocenters. The molecule has 1 aromatic heterocycles. The van der Waals surface area contributed by atoms with Crippen LogP contribution in [0.2, 0.25) is 0 Å². The summed E-state index contributed by atoms with van der Waals surface area (Å²) in [6.07, 6.45) is -3.90. The minimum absolute atomic E-state index is 0.0334. The van der Waals surface area contributed by atoms with E-state index in [0.29, 0.717) is 25.9 Å². The molecular formula is C13H15F3N2O3. The van der Waals surface area contributed by atoms with Crippen LogP contribution in [0.5, 0.6) is 5.88 Å². The zero-order chi connectivity index (χ0) is 15.5. The summed E-state index contributed by atoms with van der Waals surface area (Å²) in [5.41, 5.74) is 0.0334. The van der Waals surface area contributed by atoms with Crippen molar-refractivity contribution in [2.75, 3.05) is 19.7 Å². The zero-order valence-electron chi connectivity index (χ0n) is 11.1. The number of likely N-dealkylation sites (tertiary alicyclic amines) is 1. The number of piperidine rings is 1. The van der Waals surface area contributed by atoms with Crippen LogP contribution in [0.4, 0.5) is 13.2 Å². The van der Waals surface area contributed by atoms with Gasteiger partial charge in [0.25, 0.3) is 5.91 Å². The van der Waals surface area contributed by atoms with E-state index in [4.69, 9.17) is 0 Å². The molecule has 0 saturated carbocycles. The topological polar surface area (TPSA) is 62.7 Å². The maximum absolute atomic E-state index is 12.2. The highest BCUT2D eigenvalue weighted by atomic mass is 19.4. The number of amides is 1. The SMILES string of the molecule is O=C(c1cccc(OCC(F)(F)F)n1)N1CCC(O)CC1. The van der Waals surface area contributed by atoms with E-state index in [1.807, 2.05) is 0 Å². The van der Waals surface area contributed by atoms with Crippen molar-refractivity contribution in [3.63, 3.8) is 0 Å². The zero-order valence-corrected chi connectivity index (χ0v) is 11.1. The van der Waals surface area contributed by atoms with Crippen LogP contribution in [-0.2, 0) is 0 Å². The number of nitrogens with zero attached hydrogens (tertiary/aromatic N) is 2. The monoisotopic (exact) mass is 304 g/mol. The fourth-order valence-electron chi connectivity index (χ4n) is 2.00. The predicted molar refractivity (Wildman–Crippen MR) is 66.9 cm³/mol. The van der Waals surface area contributed by atoms with Crippen LogP contribution in [-0.4, -0.2) is 52.9 Å². The maximum Gasteiger partial charge on any atom is 0.422 e. The number of aromatic nitrogens is 1. The Morgan fingerprint density at radius 1 is 1.38 bits per heavy atom. The first-order chi connectivity index (χ1) is 9.85. The first kappa shape index (κ1) is 15.6. The molecule has 1 fully saturated rings. The third kappa shape index (κ3) is 4.59. The number of ether oxygens (including phenoxy) is 1. The molecule has 2 rings (SSSR count). The lowest BCUT2D eigenvalue weighted by atomic mass is 10.1. The molecular weight excluding hydrogens is 289 g/mol. The highest BCUT2D eigenvalue weighted by Gasteiger charge is 2.29. The number of hydrogen-bond acceptors (Lipinski definition) is 4. The van der Waals surface area contributed by atoms with Crippen LogP contribution >= 0.6 is 0 Å². The Morgan fingerprint density at radius 3 is 2.67 bits per heavy atom. The van der Waals surface area contributed by atoms with Crippen molar-refractivity contribution in [1.29, 1.82) is 0 Å². The molecule has 1 N–H and O–H groups in total. The van der Waals surface area contributed by atoms with E-state index in [9.17, 15) is 23.1 Å². The average molecular weight is 304 g/mol. The first-order valence-corrected chi connectivity index (χ1v) is 6.49. The second-order valence-electron chi connectivity index (χ2n) is 4.79. The van der Waals surface area contributed by atoms with E-state index in [2.05, 4.69) is 9.72 Å². The molecule has 0 radical (unpaired) electrons. The molecule has 1 amide bonds. The standard InChI is InChI=1S/C13H15F3N2O3/c14-13(15,16)8-21-11-3-1-2-10(17-11)12(20)18-6-4-9(19)5-7-18/h1-3,9,19H,4-8H2. The van der Waals surface area contributed by atoms with Crippen LogP contribution in [0.25, 0.3) is 0 Å². The minimum atomic E-state index is -4.45. The summed E-state index contributed by atoms with van der Waals surface area (Å²) in [5.74, 6) is -0.616. The Hall–Kier alpha value is -1.83. The maximum atomic E-state index is 12.2. The molecule has 0 atom stereocenters. The summed E-state index contributed by atoms with van der Waals surface area (Å²) < 4.78 is 40.7. The summed E-state index contributed by atoms with van der Waals surface area (Å²) in [5, 5.41) is 9.39. The smallest absolute Gasteiger partial charge is 0.422 e. The number of aliphatic hydroxyl groups excluding tert-OH is 1. The van der Waals surface area contributed by atoms with Gasteiger partial charge in [-0.1, -0.05) is 6.07 Å². The highest BCUT2D eigenvalue weighted by molar-refractivity contribution is 5.92. The molecule has 0 bridgehead atoms. The van der Waals surface area contributed by atoms with E-state index < -0.39 is 18.9 Å². The molecule has 0 aromatic carbocycles. The number of rotatable bonds is 3. The largest absolute Gasteiger partial charge is 0.468 e. The van der Waals surface area contributed by atoms with Crippen LogP contribution in [0.3, 0.4) is 0 Å². The van der Waals surface area contributed by atoms with Gasteiger partial charge >= 0.3 is 6.18 Å². The van der Waals surface area contributed by atoms with E-state index in [-0.39, 0.29) is 17.5 Å². The van der Waals surface area contributed by atoms with Gasteiger partial charge in [-0.15, -0.1) is 0 Å². The molecule has 1 aliphatic heterocycles. The van der Waals surface area contributed by atoms with Crippen molar-refractivity contribution >= 4 is 5.91 Å². The molecule has 1 aliphatic rings. The second kappa shape index (κ2) is 6.30. The van der Waals surface area contributed by atoms with Gasteiger partial charge in [0.1, 0.15) is 5.69 Å². The molecule has 21 heavy (non-hydrogen) atoms. The van der Waals surface area contributed by atoms with Gasteiger partial charge in [0, 0.05) is 19.2 Å². The van der Waals surface area contributed by atoms with Crippen molar-refractivity contribution in [3.05, 3.63) is 23.9 Å². The van der Waals surface area contributed by atoms with Gasteiger partial charge in [-0.05, 0) is 18.9 Å². The molecule has 0 aliphatic carbocycles. The van der Waals surface area contributed by atoms with E-state index in [1.54, 1.807) is 0 Å². The van der Waals surface area contributed by atoms with Crippen LogP contribution in [0, 0.1) is 0 Å². The number of aliphatic hydroxyl groups is 1. The number of hydrogen-bond donors (Lipinski definition) is 1. The normalized spacial score (nSPS) is 16.9. The Bertz CT molecular complexity index is 500. The number of alkyl halides is 3. The predicted octanol–water partition coefficient (Wildman–Crippen LogP) is 1.62. The minimum Gasteiger partial charge on any atom is -0.468 e. The van der Waals surface area contributed by atoms with Gasteiger partial charge in [0.05, 0.1) is 6.10 Å². The summed E-state index contributed by atoms with van der Waals surface area (Å²) >= 11 is 0. The van der Waals surface area contributed by atoms with E-state index >= 15 is 0 Å². The van der Waals surface area contributed by atoms with Crippen LogP contribution < -0.4 is 4.74 Å². The molecule has 5 nitrogen and oxygen atoms in total. The summed E-state index contributed by atoms with van der Waals surface area (Å²) in [6.45, 7) is -0.655. The van der Waals surface area contributed by atoms with Crippen LogP contribution in [0.1, 0.15) is 23.3 Å². The van der Waals surface area contributed by atoms with Gasteiger partial charge < -0.3 is 14.7 Å². The van der Waals surface area contributed by atoms with Crippen molar-refractivity contribution < 1.29 is 27.8 Å². The van der Waals surface area contributed by atoms with Gasteiger partial charge in [-0.3, -0.25) is 4.79 Å².